The second kappa shape index (κ2) is 7.95. The number of para-hydroxylation sites is 3. The average Bonchev–Trinajstić information content (AvgIpc) is 3.46. The highest BCUT2D eigenvalue weighted by molar-refractivity contribution is 6.44. The van der Waals surface area contributed by atoms with Crippen molar-refractivity contribution in [1.82, 2.24) is 14.5 Å². The van der Waals surface area contributed by atoms with Gasteiger partial charge < -0.3 is 11.1 Å². The maximum atomic E-state index is 12.8. The Kier molecular flexibility index (Phi) is 4.83. The van der Waals surface area contributed by atoms with Crippen LogP contribution in [-0.4, -0.2) is 38.1 Å². The molecule has 2 aromatic carbocycles. The summed E-state index contributed by atoms with van der Waals surface area (Å²) in [6.45, 7) is 0. The van der Waals surface area contributed by atoms with Crippen LogP contribution < -0.4 is 16.1 Å². The largest absolute Gasteiger partial charge is 0.368 e. The van der Waals surface area contributed by atoms with Crippen LogP contribution in [0.4, 0.5) is 11.4 Å². The normalized spacial score (nSPS) is 15.6. The lowest BCUT2D eigenvalue weighted by Crippen LogP contribution is -2.39. The standard InChI is InChI=1S/C23H19N7O2/c24-22(31)20-12-18(28-30(20)16-6-2-1-3-7-16)23(32)27-15-10-11-21(25-13-15)29-14-26-17-8-4-5-9-19(17)29/h1-11,13-14,20H,12H2,(H2,24,31)(H,27,32). The van der Waals surface area contributed by atoms with Gasteiger partial charge in [0.05, 0.1) is 28.6 Å². The van der Waals surface area contributed by atoms with Gasteiger partial charge in [-0.25, -0.2) is 9.97 Å². The van der Waals surface area contributed by atoms with E-state index < -0.39 is 17.9 Å². The highest BCUT2D eigenvalue weighted by atomic mass is 16.2. The number of aromatic nitrogens is 3. The lowest BCUT2D eigenvalue weighted by molar-refractivity contribution is -0.119. The number of benzene rings is 2. The molecule has 1 aliphatic rings. The van der Waals surface area contributed by atoms with Crippen molar-refractivity contribution in [3.8, 4) is 5.82 Å². The summed E-state index contributed by atoms with van der Waals surface area (Å²) >= 11 is 0. The number of nitrogens with zero attached hydrogens (tertiary/aromatic N) is 5. The van der Waals surface area contributed by atoms with Gasteiger partial charge in [0, 0.05) is 6.42 Å². The zero-order valence-corrected chi connectivity index (χ0v) is 16.9. The molecule has 2 amide bonds. The van der Waals surface area contributed by atoms with Crippen LogP contribution in [0.1, 0.15) is 6.42 Å². The number of amides is 2. The van der Waals surface area contributed by atoms with Gasteiger partial charge >= 0.3 is 0 Å². The van der Waals surface area contributed by atoms with Gasteiger partial charge in [-0.05, 0) is 36.4 Å². The second-order valence-electron chi connectivity index (χ2n) is 7.31. The molecule has 158 valence electrons. The van der Waals surface area contributed by atoms with Crippen LogP contribution in [0, 0.1) is 0 Å². The smallest absolute Gasteiger partial charge is 0.272 e. The third kappa shape index (κ3) is 3.56. The first-order chi connectivity index (χ1) is 15.6. The van der Waals surface area contributed by atoms with Gasteiger partial charge in [0.25, 0.3) is 5.91 Å². The van der Waals surface area contributed by atoms with Crippen LogP contribution in [0.15, 0.2) is 84.4 Å². The SMILES string of the molecule is NC(=O)C1CC(C(=O)Nc2ccc(-n3cnc4ccccc43)nc2)=NN1c1ccccc1. The number of imidazole rings is 1. The van der Waals surface area contributed by atoms with Crippen LogP contribution in [0.2, 0.25) is 0 Å². The Morgan fingerprint density at radius 1 is 0.969 bits per heavy atom. The number of hydrogen-bond donors (Lipinski definition) is 2. The third-order valence-corrected chi connectivity index (χ3v) is 5.23. The van der Waals surface area contributed by atoms with E-state index in [4.69, 9.17) is 5.73 Å². The number of hydrogen-bond acceptors (Lipinski definition) is 6. The number of pyridine rings is 1. The number of nitrogens with two attached hydrogens (primary N) is 1. The van der Waals surface area contributed by atoms with Gasteiger partial charge in [-0.1, -0.05) is 30.3 Å². The number of carbonyl (C=O) groups excluding carboxylic acids is 2. The first-order valence-corrected chi connectivity index (χ1v) is 10.0. The number of rotatable bonds is 5. The first kappa shape index (κ1) is 19.4. The number of fused-ring (bicyclic) bond motifs is 1. The topological polar surface area (TPSA) is 118 Å². The molecule has 5 rings (SSSR count). The van der Waals surface area contributed by atoms with Gasteiger partial charge in [0.1, 0.15) is 23.9 Å². The second-order valence-corrected chi connectivity index (χ2v) is 7.31. The minimum Gasteiger partial charge on any atom is -0.368 e. The molecule has 0 radical (unpaired) electrons. The molecule has 1 atom stereocenters. The van der Waals surface area contributed by atoms with E-state index >= 15 is 0 Å². The molecule has 0 saturated carbocycles. The monoisotopic (exact) mass is 425 g/mol. The Labute approximate surface area is 183 Å². The molecule has 9 heteroatoms. The maximum Gasteiger partial charge on any atom is 0.272 e. The average molecular weight is 425 g/mol. The van der Waals surface area contributed by atoms with E-state index in [-0.39, 0.29) is 12.1 Å². The molecule has 3 heterocycles. The van der Waals surface area contributed by atoms with Gasteiger partial charge in [-0.2, -0.15) is 5.10 Å². The molecule has 0 fully saturated rings. The van der Waals surface area contributed by atoms with E-state index in [2.05, 4.69) is 20.4 Å². The van der Waals surface area contributed by atoms with Crippen molar-refractivity contribution in [1.29, 1.82) is 0 Å². The van der Waals surface area contributed by atoms with Crippen LogP contribution in [0.25, 0.3) is 16.9 Å². The molecule has 9 nitrogen and oxygen atoms in total. The molecule has 2 aromatic heterocycles. The van der Waals surface area contributed by atoms with Crippen LogP contribution in [-0.2, 0) is 9.59 Å². The first-order valence-electron chi connectivity index (χ1n) is 10.0. The number of hydrazone groups is 1. The summed E-state index contributed by atoms with van der Waals surface area (Å²) in [5.41, 5.74) is 8.78. The summed E-state index contributed by atoms with van der Waals surface area (Å²) in [5.74, 6) is -0.268. The number of anilines is 2. The van der Waals surface area contributed by atoms with Gasteiger partial charge in [0.15, 0.2) is 0 Å². The Morgan fingerprint density at radius 3 is 2.50 bits per heavy atom. The van der Waals surface area contributed by atoms with Crippen molar-refractivity contribution in [3.05, 3.63) is 79.3 Å². The third-order valence-electron chi connectivity index (χ3n) is 5.23. The zero-order chi connectivity index (χ0) is 22.1. The highest BCUT2D eigenvalue weighted by Gasteiger charge is 2.34. The summed E-state index contributed by atoms with van der Waals surface area (Å²) in [4.78, 5) is 33.5. The van der Waals surface area contributed by atoms with Crippen LogP contribution in [0.5, 0.6) is 0 Å². The lowest BCUT2D eigenvalue weighted by Gasteiger charge is -2.20. The molecule has 0 bridgehead atoms. The quantitative estimate of drug-likeness (QED) is 0.509. The molecule has 1 unspecified atom stereocenters. The Hall–Kier alpha value is -4.53. The molecule has 0 aliphatic carbocycles. The fourth-order valence-corrected chi connectivity index (χ4v) is 3.64. The van der Waals surface area contributed by atoms with Crippen molar-refractivity contribution < 1.29 is 9.59 Å². The number of nitrogens with one attached hydrogen (secondary N) is 1. The van der Waals surface area contributed by atoms with E-state index in [1.165, 1.54) is 5.01 Å². The molecule has 4 aromatic rings. The van der Waals surface area contributed by atoms with Crippen LogP contribution >= 0.6 is 0 Å². The number of carbonyl (C=O) groups is 2. The van der Waals surface area contributed by atoms with Crippen molar-refractivity contribution in [3.63, 3.8) is 0 Å². The van der Waals surface area contributed by atoms with E-state index in [0.717, 1.165) is 11.0 Å². The molecular weight excluding hydrogens is 406 g/mol. The minimum atomic E-state index is -0.715. The minimum absolute atomic E-state index is 0.128. The lowest BCUT2D eigenvalue weighted by atomic mass is 10.1. The van der Waals surface area contributed by atoms with Gasteiger partial charge in [-0.3, -0.25) is 19.2 Å². The maximum absolute atomic E-state index is 12.8. The highest BCUT2D eigenvalue weighted by Crippen LogP contribution is 2.25. The summed E-state index contributed by atoms with van der Waals surface area (Å²) < 4.78 is 1.87. The zero-order valence-electron chi connectivity index (χ0n) is 16.9. The Morgan fingerprint density at radius 2 is 1.75 bits per heavy atom. The fourth-order valence-electron chi connectivity index (χ4n) is 3.64. The van der Waals surface area contributed by atoms with Crippen molar-refractivity contribution >= 4 is 39.9 Å². The van der Waals surface area contributed by atoms with Crippen molar-refractivity contribution in [2.45, 2.75) is 12.5 Å². The Bertz CT molecular complexity index is 1330. The molecule has 0 saturated heterocycles. The van der Waals surface area contributed by atoms with Crippen molar-refractivity contribution in [2.75, 3.05) is 10.3 Å². The fraction of sp³-hybridized carbons (Fsp3) is 0.0870. The van der Waals surface area contributed by atoms with Crippen LogP contribution in [0.3, 0.4) is 0 Å². The van der Waals surface area contributed by atoms with Crippen molar-refractivity contribution in [2.24, 2.45) is 10.8 Å². The van der Waals surface area contributed by atoms with E-state index in [9.17, 15) is 9.59 Å². The molecule has 0 spiro atoms. The molecule has 32 heavy (non-hydrogen) atoms. The van der Waals surface area contributed by atoms with Gasteiger partial charge in [0.2, 0.25) is 5.91 Å². The predicted octanol–water partition coefficient (Wildman–Crippen LogP) is 2.48. The number of primary amides is 1. The van der Waals surface area contributed by atoms with Gasteiger partial charge in [-0.15, -0.1) is 0 Å². The summed E-state index contributed by atoms with van der Waals surface area (Å²) in [7, 11) is 0. The summed E-state index contributed by atoms with van der Waals surface area (Å²) in [6, 6.07) is 19.7. The molecule has 1 aliphatic heterocycles. The summed E-state index contributed by atoms with van der Waals surface area (Å²) in [5, 5.41) is 8.63. The summed E-state index contributed by atoms with van der Waals surface area (Å²) in [6.07, 6.45) is 3.40. The Balaban J connectivity index is 1.34. The predicted molar refractivity (Wildman–Crippen MR) is 121 cm³/mol. The molecule has 3 N–H and O–H groups in total. The van der Waals surface area contributed by atoms with E-state index in [0.29, 0.717) is 17.2 Å². The molecular formula is C23H19N7O2. The van der Waals surface area contributed by atoms with E-state index in [1.807, 2.05) is 59.2 Å². The van der Waals surface area contributed by atoms with E-state index in [1.54, 1.807) is 24.7 Å².